The molecule has 0 saturated carbocycles. The van der Waals surface area contributed by atoms with Crippen molar-refractivity contribution in [1.29, 1.82) is 0 Å². The normalized spacial score (nSPS) is 24.7. The molecule has 1 heterocycles. The van der Waals surface area contributed by atoms with Crippen molar-refractivity contribution < 1.29 is 15.0 Å². The lowest BCUT2D eigenvalue weighted by Gasteiger charge is -2.38. The van der Waals surface area contributed by atoms with Crippen LogP contribution in [-0.4, -0.2) is 35.3 Å². The molecule has 1 aliphatic heterocycles. The zero-order valence-corrected chi connectivity index (χ0v) is 9.80. The summed E-state index contributed by atoms with van der Waals surface area (Å²) in [5.41, 5.74) is 2.25. The molecule has 2 unspecified atom stereocenters. The number of carboxylic acid groups (broad SMARTS) is 1. The Morgan fingerprint density at radius 1 is 1.47 bits per heavy atom. The molecule has 0 bridgehead atoms. The van der Waals surface area contributed by atoms with Gasteiger partial charge in [-0.3, -0.25) is 0 Å². The van der Waals surface area contributed by atoms with Gasteiger partial charge in [-0.15, -0.1) is 0 Å². The van der Waals surface area contributed by atoms with Crippen molar-refractivity contribution in [1.82, 2.24) is 4.90 Å². The molecule has 1 fully saturated rings. The number of benzene rings is 1. The summed E-state index contributed by atoms with van der Waals surface area (Å²) in [7, 11) is 0. The summed E-state index contributed by atoms with van der Waals surface area (Å²) in [6.45, 7) is 2.58. The van der Waals surface area contributed by atoms with Gasteiger partial charge in [-0.25, -0.2) is 0 Å². The fourth-order valence-corrected chi connectivity index (χ4v) is 2.46. The van der Waals surface area contributed by atoms with Crippen molar-refractivity contribution in [3.8, 4) is 0 Å². The quantitative estimate of drug-likeness (QED) is 0.769. The minimum atomic E-state index is -1.20. The number of rotatable bonds is 1. The van der Waals surface area contributed by atoms with Crippen molar-refractivity contribution in [2.75, 3.05) is 13.1 Å². The van der Waals surface area contributed by atoms with Crippen molar-refractivity contribution in [2.45, 2.75) is 25.4 Å². The summed E-state index contributed by atoms with van der Waals surface area (Å²) in [6, 6.07) is 7.91. The Labute approximate surface area is 100 Å². The SMILES string of the molecule is Cc1ccccc1C1CCN(C(=O)[O-])CC1O. The number of nitrogens with zero attached hydrogens (tertiary/aromatic N) is 1. The molecule has 2 rings (SSSR count). The van der Waals surface area contributed by atoms with E-state index in [4.69, 9.17) is 0 Å². The average Bonchev–Trinajstić information content (AvgIpc) is 2.30. The maximum absolute atomic E-state index is 10.7. The summed E-state index contributed by atoms with van der Waals surface area (Å²) in [6.07, 6.45) is -1.21. The van der Waals surface area contributed by atoms with Crippen molar-refractivity contribution >= 4 is 6.09 Å². The fraction of sp³-hybridized carbons (Fsp3) is 0.462. The predicted molar refractivity (Wildman–Crippen MR) is 61.5 cm³/mol. The molecular weight excluding hydrogens is 218 g/mol. The van der Waals surface area contributed by atoms with Gasteiger partial charge in [0.2, 0.25) is 0 Å². The molecule has 0 aliphatic carbocycles. The third-order valence-electron chi connectivity index (χ3n) is 3.43. The van der Waals surface area contributed by atoms with Gasteiger partial charge < -0.3 is 19.9 Å². The number of aliphatic hydroxyl groups is 1. The fourth-order valence-electron chi connectivity index (χ4n) is 2.46. The minimum absolute atomic E-state index is 0.0202. The van der Waals surface area contributed by atoms with Crippen LogP contribution in [0, 0.1) is 6.92 Å². The first-order chi connectivity index (χ1) is 8.09. The number of likely N-dealkylation sites (tertiary alicyclic amines) is 1. The summed E-state index contributed by atoms with van der Waals surface area (Å²) in [4.78, 5) is 11.9. The lowest BCUT2D eigenvalue weighted by Crippen LogP contribution is -2.50. The highest BCUT2D eigenvalue weighted by atomic mass is 16.4. The maximum atomic E-state index is 10.7. The third kappa shape index (κ3) is 2.42. The number of carbonyl (C=O) groups excluding carboxylic acids is 1. The van der Waals surface area contributed by atoms with E-state index < -0.39 is 12.2 Å². The van der Waals surface area contributed by atoms with Crippen molar-refractivity contribution in [2.24, 2.45) is 0 Å². The molecular formula is C13H16NO3-. The molecule has 1 aromatic carbocycles. The maximum Gasteiger partial charge on any atom is 0.137 e. The molecule has 4 heteroatoms. The van der Waals surface area contributed by atoms with Gasteiger partial charge in [-0.1, -0.05) is 24.3 Å². The third-order valence-corrected chi connectivity index (χ3v) is 3.43. The number of aryl methyl sites for hydroxylation is 1. The molecule has 17 heavy (non-hydrogen) atoms. The second kappa shape index (κ2) is 4.75. The number of hydrogen-bond donors (Lipinski definition) is 1. The van der Waals surface area contributed by atoms with Crippen LogP contribution in [0.1, 0.15) is 23.5 Å². The topological polar surface area (TPSA) is 63.6 Å². The second-order valence-electron chi connectivity index (χ2n) is 4.53. The molecule has 2 atom stereocenters. The number of β-amino-alcohol motifs (C(OH)–C–C–N with tert-alkyl or cyclic N) is 1. The van der Waals surface area contributed by atoms with Gasteiger partial charge in [0.05, 0.1) is 6.10 Å². The van der Waals surface area contributed by atoms with Crippen LogP contribution >= 0.6 is 0 Å². The molecule has 1 aromatic rings. The van der Waals surface area contributed by atoms with E-state index in [9.17, 15) is 15.0 Å². The first-order valence-electron chi connectivity index (χ1n) is 5.79. The molecule has 1 saturated heterocycles. The molecule has 4 nitrogen and oxygen atoms in total. The Bertz CT molecular complexity index is 419. The van der Waals surface area contributed by atoms with Crippen LogP contribution in [0.2, 0.25) is 0 Å². The highest BCUT2D eigenvalue weighted by molar-refractivity contribution is 5.62. The van der Waals surface area contributed by atoms with Gasteiger partial charge in [-0.2, -0.15) is 0 Å². The minimum Gasteiger partial charge on any atom is -0.530 e. The molecule has 0 spiro atoms. The monoisotopic (exact) mass is 234 g/mol. The number of aliphatic hydroxyl groups excluding tert-OH is 1. The molecule has 1 amide bonds. The van der Waals surface area contributed by atoms with Crippen LogP contribution in [-0.2, 0) is 0 Å². The van der Waals surface area contributed by atoms with Gasteiger partial charge in [0.15, 0.2) is 0 Å². The summed E-state index contributed by atoms with van der Waals surface area (Å²) in [5.74, 6) is 0.0202. The van der Waals surface area contributed by atoms with E-state index in [2.05, 4.69) is 0 Å². The lowest BCUT2D eigenvalue weighted by molar-refractivity contribution is -0.268. The highest BCUT2D eigenvalue weighted by Gasteiger charge is 2.29. The van der Waals surface area contributed by atoms with E-state index in [1.807, 2.05) is 31.2 Å². The summed E-state index contributed by atoms with van der Waals surface area (Å²) in [5, 5.41) is 20.7. The first kappa shape index (κ1) is 11.9. The molecule has 1 aliphatic rings. The van der Waals surface area contributed by atoms with Gasteiger partial charge in [0.25, 0.3) is 0 Å². The van der Waals surface area contributed by atoms with Crippen LogP contribution in [0.25, 0.3) is 0 Å². The standard InChI is InChI=1S/C13H17NO3/c1-9-4-2-3-5-10(9)11-6-7-14(13(16)17)8-12(11)15/h2-5,11-12,15H,6-8H2,1H3,(H,16,17)/p-1. The van der Waals surface area contributed by atoms with Crippen molar-refractivity contribution in [3.63, 3.8) is 0 Å². The van der Waals surface area contributed by atoms with Crippen LogP contribution in [0.15, 0.2) is 24.3 Å². The number of carbonyl (C=O) groups is 1. The molecule has 0 aromatic heterocycles. The van der Waals surface area contributed by atoms with Crippen LogP contribution in [0.4, 0.5) is 4.79 Å². The lowest BCUT2D eigenvalue weighted by atomic mass is 9.85. The Morgan fingerprint density at radius 2 is 2.18 bits per heavy atom. The van der Waals surface area contributed by atoms with Gasteiger partial charge >= 0.3 is 0 Å². The zero-order chi connectivity index (χ0) is 12.4. The number of piperidine rings is 1. The molecule has 92 valence electrons. The van der Waals surface area contributed by atoms with Gasteiger partial charge in [-0.05, 0) is 24.5 Å². The van der Waals surface area contributed by atoms with E-state index in [1.165, 1.54) is 4.90 Å². The van der Waals surface area contributed by atoms with Crippen molar-refractivity contribution in [3.05, 3.63) is 35.4 Å². The Hall–Kier alpha value is -1.55. The van der Waals surface area contributed by atoms with E-state index in [0.29, 0.717) is 13.0 Å². The van der Waals surface area contributed by atoms with Crippen LogP contribution in [0.5, 0.6) is 0 Å². The Morgan fingerprint density at radius 3 is 2.76 bits per heavy atom. The Kier molecular flexibility index (Phi) is 3.33. The van der Waals surface area contributed by atoms with E-state index in [-0.39, 0.29) is 12.5 Å². The van der Waals surface area contributed by atoms with Gasteiger partial charge in [0.1, 0.15) is 6.09 Å². The van der Waals surface area contributed by atoms with Crippen LogP contribution < -0.4 is 5.11 Å². The average molecular weight is 234 g/mol. The zero-order valence-electron chi connectivity index (χ0n) is 9.80. The molecule has 1 N–H and O–H groups in total. The van der Waals surface area contributed by atoms with Crippen LogP contribution in [0.3, 0.4) is 0 Å². The largest absolute Gasteiger partial charge is 0.530 e. The smallest absolute Gasteiger partial charge is 0.137 e. The number of hydrogen-bond acceptors (Lipinski definition) is 3. The molecule has 0 radical (unpaired) electrons. The highest BCUT2D eigenvalue weighted by Crippen LogP contribution is 2.30. The first-order valence-corrected chi connectivity index (χ1v) is 5.79. The van der Waals surface area contributed by atoms with E-state index in [0.717, 1.165) is 11.1 Å². The van der Waals surface area contributed by atoms with E-state index in [1.54, 1.807) is 0 Å². The number of amides is 1. The van der Waals surface area contributed by atoms with E-state index >= 15 is 0 Å². The summed E-state index contributed by atoms with van der Waals surface area (Å²) >= 11 is 0. The second-order valence-corrected chi connectivity index (χ2v) is 4.53. The summed E-state index contributed by atoms with van der Waals surface area (Å²) < 4.78 is 0. The van der Waals surface area contributed by atoms with Gasteiger partial charge in [0, 0.05) is 19.0 Å². The predicted octanol–water partition coefficient (Wildman–Crippen LogP) is 0.489. The Balaban J connectivity index is 2.15.